The molecule has 0 bridgehead atoms. The van der Waals surface area contributed by atoms with Gasteiger partial charge in [-0.3, -0.25) is 0 Å². The molecule has 0 saturated heterocycles. The van der Waals surface area contributed by atoms with Crippen LogP contribution in [0, 0.1) is 0 Å². The van der Waals surface area contributed by atoms with Gasteiger partial charge in [0.2, 0.25) is 0 Å². The predicted octanol–water partition coefficient (Wildman–Crippen LogP) is 3.19. The number of halogens is 1. The molecule has 2 heterocycles. The lowest BCUT2D eigenvalue weighted by Gasteiger charge is -1.96. The van der Waals surface area contributed by atoms with Crippen molar-refractivity contribution in [1.82, 2.24) is 4.98 Å². The standard InChI is InChI=1S/C16H10ClN3O/c17-13-6-9(7-15-12(13)8-18-20-15)5-11-10-3-1-2-4-14(10)19-16(11)21/h1-8,19,21H/b9-5-. The molecule has 5 heteroatoms. The summed E-state index contributed by atoms with van der Waals surface area (Å²) in [6, 6.07) is 11.5. The summed E-state index contributed by atoms with van der Waals surface area (Å²) >= 11 is 6.23. The van der Waals surface area contributed by atoms with Crippen LogP contribution in [0.4, 0.5) is 5.69 Å². The topological polar surface area (TPSA) is 60.7 Å². The maximum Gasteiger partial charge on any atom is 0.196 e. The van der Waals surface area contributed by atoms with Crippen LogP contribution in [0.5, 0.6) is 5.88 Å². The lowest BCUT2D eigenvalue weighted by atomic mass is 10.1. The fourth-order valence-corrected chi connectivity index (χ4v) is 2.80. The molecule has 2 aromatic carbocycles. The number of H-pyrrole nitrogens is 1. The van der Waals surface area contributed by atoms with Crippen molar-refractivity contribution in [3.05, 3.63) is 57.4 Å². The summed E-state index contributed by atoms with van der Waals surface area (Å²) in [4.78, 5) is 2.96. The van der Waals surface area contributed by atoms with Crippen LogP contribution in [0.3, 0.4) is 0 Å². The predicted molar refractivity (Wildman–Crippen MR) is 83.2 cm³/mol. The normalized spacial score (nSPS) is 13.7. The van der Waals surface area contributed by atoms with Gasteiger partial charge in [-0.15, -0.1) is 0 Å². The van der Waals surface area contributed by atoms with E-state index in [4.69, 9.17) is 11.6 Å². The third-order valence-corrected chi connectivity index (χ3v) is 3.83. The van der Waals surface area contributed by atoms with Crippen molar-refractivity contribution < 1.29 is 5.11 Å². The number of nitrogens with zero attached hydrogens (tertiary/aromatic N) is 2. The molecule has 21 heavy (non-hydrogen) atoms. The first-order valence-electron chi connectivity index (χ1n) is 6.44. The van der Waals surface area contributed by atoms with Gasteiger partial charge in [-0.05, 0) is 29.5 Å². The molecule has 1 aromatic heterocycles. The van der Waals surface area contributed by atoms with Gasteiger partial charge in [-0.2, -0.15) is 10.2 Å². The molecule has 0 radical (unpaired) electrons. The number of aromatic nitrogens is 1. The Morgan fingerprint density at radius 3 is 2.95 bits per heavy atom. The van der Waals surface area contributed by atoms with Gasteiger partial charge in [0.05, 0.1) is 16.9 Å². The molecule has 102 valence electrons. The average Bonchev–Trinajstić information content (AvgIpc) is 3.05. The molecule has 0 spiro atoms. The fourth-order valence-electron chi connectivity index (χ4n) is 2.53. The number of nitrogens with one attached hydrogen (secondary N) is 1. The minimum absolute atomic E-state index is 0.140. The van der Waals surface area contributed by atoms with E-state index < -0.39 is 0 Å². The highest BCUT2D eigenvalue weighted by atomic mass is 35.5. The van der Waals surface area contributed by atoms with Crippen molar-refractivity contribution in [3.8, 4) is 5.88 Å². The minimum Gasteiger partial charge on any atom is -0.494 e. The number of fused-ring (bicyclic) bond motifs is 2. The second-order valence-electron chi connectivity index (χ2n) is 4.86. The first kappa shape index (κ1) is 12.2. The molecule has 4 nitrogen and oxygen atoms in total. The maximum atomic E-state index is 10.1. The van der Waals surface area contributed by atoms with E-state index >= 15 is 0 Å². The molecule has 0 amide bonds. The Bertz CT molecular complexity index is 1020. The molecule has 0 fully saturated rings. The molecular weight excluding hydrogens is 286 g/mol. The molecule has 1 aliphatic heterocycles. The van der Waals surface area contributed by atoms with Crippen LogP contribution in [0.15, 0.2) is 46.6 Å². The summed E-state index contributed by atoms with van der Waals surface area (Å²) in [6.45, 7) is 0. The Kier molecular flexibility index (Phi) is 2.59. The summed E-state index contributed by atoms with van der Waals surface area (Å²) < 4.78 is 0. The van der Waals surface area contributed by atoms with Crippen LogP contribution in [0.2, 0.25) is 5.02 Å². The zero-order valence-electron chi connectivity index (χ0n) is 10.8. The van der Waals surface area contributed by atoms with Crippen molar-refractivity contribution >= 4 is 40.5 Å². The van der Waals surface area contributed by atoms with E-state index in [1.807, 2.05) is 42.5 Å². The van der Waals surface area contributed by atoms with Crippen molar-refractivity contribution in [1.29, 1.82) is 0 Å². The monoisotopic (exact) mass is 295 g/mol. The molecule has 1 aliphatic rings. The molecule has 4 rings (SSSR count). The molecule has 3 aromatic rings. The number of azo groups is 1. The molecule has 2 N–H and O–H groups in total. The van der Waals surface area contributed by atoms with E-state index in [1.54, 1.807) is 6.20 Å². The maximum absolute atomic E-state index is 10.1. The quantitative estimate of drug-likeness (QED) is 0.711. The van der Waals surface area contributed by atoms with Crippen LogP contribution < -0.4 is 10.4 Å². The number of aromatic hydroxyl groups is 1. The number of rotatable bonds is 1. The van der Waals surface area contributed by atoms with Crippen LogP contribution in [0.25, 0.3) is 23.2 Å². The van der Waals surface area contributed by atoms with Gasteiger partial charge in [0.15, 0.2) is 5.88 Å². The molecule has 0 aliphatic carbocycles. The second kappa shape index (κ2) is 4.46. The van der Waals surface area contributed by atoms with Gasteiger partial charge in [-0.1, -0.05) is 29.8 Å². The SMILES string of the molecule is Oc1[nH]c2ccccc2c1/C=c1/cc(Cl)c2c(c1)N=NC=2. The van der Waals surface area contributed by atoms with Gasteiger partial charge >= 0.3 is 0 Å². The minimum atomic E-state index is 0.140. The van der Waals surface area contributed by atoms with Crippen molar-refractivity contribution in [3.63, 3.8) is 0 Å². The van der Waals surface area contributed by atoms with Crippen molar-refractivity contribution in [2.45, 2.75) is 0 Å². The molecular formula is C16H10ClN3O. The lowest BCUT2D eigenvalue weighted by Crippen LogP contribution is -2.09. The van der Waals surface area contributed by atoms with Gasteiger partial charge in [0.25, 0.3) is 0 Å². The van der Waals surface area contributed by atoms with E-state index in [-0.39, 0.29) is 5.88 Å². The highest BCUT2D eigenvalue weighted by Gasteiger charge is 2.09. The zero-order valence-corrected chi connectivity index (χ0v) is 11.6. The highest BCUT2D eigenvalue weighted by molar-refractivity contribution is 6.31. The van der Waals surface area contributed by atoms with Gasteiger partial charge in [0, 0.05) is 21.7 Å². The Morgan fingerprint density at radius 2 is 2.05 bits per heavy atom. The molecule has 0 atom stereocenters. The van der Waals surface area contributed by atoms with E-state index in [9.17, 15) is 5.11 Å². The van der Waals surface area contributed by atoms with Crippen LogP contribution in [-0.2, 0) is 0 Å². The van der Waals surface area contributed by atoms with Crippen molar-refractivity contribution in [2.24, 2.45) is 10.2 Å². The summed E-state index contributed by atoms with van der Waals surface area (Å²) in [5.41, 5.74) is 2.37. The fraction of sp³-hybridized carbons (Fsp3) is 0. The van der Waals surface area contributed by atoms with E-state index in [1.165, 1.54) is 0 Å². The first-order chi connectivity index (χ1) is 10.2. The summed E-state index contributed by atoms with van der Waals surface area (Å²) in [7, 11) is 0. The third-order valence-electron chi connectivity index (χ3n) is 3.52. The highest BCUT2D eigenvalue weighted by Crippen LogP contribution is 2.27. The first-order valence-corrected chi connectivity index (χ1v) is 6.82. The molecule has 0 saturated carbocycles. The Morgan fingerprint density at radius 1 is 1.19 bits per heavy atom. The number of benzene rings is 2. The Hall–Kier alpha value is -2.59. The van der Waals surface area contributed by atoms with E-state index in [0.29, 0.717) is 5.02 Å². The summed E-state index contributed by atoms with van der Waals surface area (Å²) in [5.74, 6) is 0.140. The summed E-state index contributed by atoms with van der Waals surface area (Å²) in [6.07, 6.45) is 3.53. The Labute approximate surface area is 124 Å². The largest absolute Gasteiger partial charge is 0.494 e. The summed E-state index contributed by atoms with van der Waals surface area (Å²) in [5, 5.41) is 21.2. The number of hydrogen-bond acceptors (Lipinski definition) is 3. The van der Waals surface area contributed by atoms with Crippen molar-refractivity contribution in [2.75, 3.05) is 0 Å². The average molecular weight is 296 g/mol. The van der Waals surface area contributed by atoms with Crippen LogP contribution in [0.1, 0.15) is 5.56 Å². The van der Waals surface area contributed by atoms with Crippen LogP contribution >= 0.6 is 11.6 Å². The third kappa shape index (κ3) is 1.92. The van der Waals surface area contributed by atoms with Gasteiger partial charge in [0.1, 0.15) is 0 Å². The lowest BCUT2D eigenvalue weighted by molar-refractivity contribution is 0.457. The smallest absolute Gasteiger partial charge is 0.196 e. The van der Waals surface area contributed by atoms with Crippen LogP contribution in [-0.4, -0.2) is 10.1 Å². The molecule has 0 unspecified atom stereocenters. The van der Waals surface area contributed by atoms with Gasteiger partial charge in [-0.25, -0.2) is 0 Å². The van der Waals surface area contributed by atoms with Gasteiger partial charge < -0.3 is 10.1 Å². The number of hydrogen-bond donors (Lipinski definition) is 2. The number of para-hydroxylation sites is 1. The Balaban J connectivity index is 1.99. The second-order valence-corrected chi connectivity index (χ2v) is 5.26. The zero-order chi connectivity index (χ0) is 14.4. The number of aromatic amines is 1. The van der Waals surface area contributed by atoms with E-state index in [0.717, 1.165) is 32.6 Å². The van der Waals surface area contributed by atoms with E-state index in [2.05, 4.69) is 15.2 Å².